The van der Waals surface area contributed by atoms with E-state index in [9.17, 15) is 0 Å². The second-order valence-corrected chi connectivity index (χ2v) is 2.44. The maximum Gasteiger partial charge on any atom is 1.00 e. The minimum absolute atomic E-state index is 0. The van der Waals surface area contributed by atoms with E-state index in [-0.39, 0.29) is 18.9 Å². The summed E-state index contributed by atoms with van der Waals surface area (Å²) in [6.45, 7) is 8.40. The molecule has 0 aromatic rings. The molecule has 0 spiro atoms. The van der Waals surface area contributed by atoms with Crippen LogP contribution in [0, 0.1) is 6.54 Å². The summed E-state index contributed by atoms with van der Waals surface area (Å²) < 4.78 is 0. The first kappa shape index (κ1) is 10.3. The van der Waals surface area contributed by atoms with Gasteiger partial charge in [-0.3, -0.25) is 6.54 Å². The average molecular weight is 131 g/mol. The molecule has 10 heavy (non-hydrogen) atoms. The number of nitrogens with zero attached hydrogens (tertiary/aromatic N) is 1. The van der Waals surface area contributed by atoms with Gasteiger partial charge in [-0.2, -0.15) is 6.42 Å². The first-order valence-electron chi connectivity index (χ1n) is 3.62. The van der Waals surface area contributed by atoms with Crippen LogP contribution >= 0.6 is 0 Å². The van der Waals surface area contributed by atoms with Crippen LogP contribution in [0.4, 0.5) is 0 Å². The summed E-state index contributed by atoms with van der Waals surface area (Å²) in [6, 6.07) is 0. The predicted molar refractivity (Wildman–Crippen MR) is 39.9 cm³/mol. The van der Waals surface area contributed by atoms with Crippen molar-refractivity contribution in [2.24, 2.45) is 0 Å². The number of hydrogen-bond donors (Lipinski definition) is 0. The summed E-state index contributed by atoms with van der Waals surface area (Å²) in [5.74, 6) is 0. The minimum Gasteiger partial charge on any atom is -0.456 e. The van der Waals surface area contributed by atoms with Crippen LogP contribution in [0.25, 0.3) is 0 Å². The minimum atomic E-state index is 0. The largest absolute Gasteiger partial charge is 1.00 e. The molecule has 1 fully saturated rings. The zero-order valence-electron chi connectivity index (χ0n) is 6.84. The van der Waals surface area contributed by atoms with Crippen molar-refractivity contribution in [3.63, 3.8) is 0 Å². The van der Waals surface area contributed by atoms with Crippen LogP contribution in [-0.2, 0) is 0 Å². The van der Waals surface area contributed by atoms with Gasteiger partial charge in [-0.25, -0.2) is 0 Å². The molecule has 0 atom stereocenters. The summed E-state index contributed by atoms with van der Waals surface area (Å²) in [5, 5.41) is 0. The van der Waals surface area contributed by atoms with Crippen LogP contribution in [0.15, 0.2) is 12.7 Å². The second-order valence-electron chi connectivity index (χ2n) is 2.44. The van der Waals surface area contributed by atoms with Gasteiger partial charge in [0.15, 0.2) is 0 Å². The van der Waals surface area contributed by atoms with Crippen molar-refractivity contribution in [1.82, 2.24) is 4.90 Å². The fourth-order valence-electron chi connectivity index (χ4n) is 1.12. The fourth-order valence-corrected chi connectivity index (χ4v) is 1.12. The third-order valence-electron chi connectivity index (χ3n) is 1.66. The van der Waals surface area contributed by atoms with Gasteiger partial charge in [0.25, 0.3) is 0 Å². The third-order valence-corrected chi connectivity index (χ3v) is 1.66. The SMILES string of the molecule is C=CCCN1[CH-]CCC1.[Li+]. The molecule has 0 radical (unpaired) electrons. The van der Waals surface area contributed by atoms with E-state index in [0.717, 1.165) is 6.42 Å². The van der Waals surface area contributed by atoms with E-state index in [1.165, 1.54) is 25.9 Å². The topological polar surface area (TPSA) is 3.24 Å². The summed E-state index contributed by atoms with van der Waals surface area (Å²) >= 11 is 0. The molecular formula is C8H14LiN. The normalized spacial score (nSPS) is 18.4. The summed E-state index contributed by atoms with van der Waals surface area (Å²) in [5.41, 5.74) is 0. The number of hydrogen-bond acceptors (Lipinski definition) is 1. The van der Waals surface area contributed by atoms with Gasteiger partial charge in [0.1, 0.15) is 0 Å². The van der Waals surface area contributed by atoms with E-state index < -0.39 is 0 Å². The molecule has 2 heteroatoms. The van der Waals surface area contributed by atoms with E-state index in [4.69, 9.17) is 0 Å². The van der Waals surface area contributed by atoms with Gasteiger partial charge in [-0.1, -0.05) is 12.5 Å². The molecule has 1 rings (SSSR count). The standard InChI is InChI=1S/C8H14N.Li/c1-2-3-6-9-7-4-5-8-9;/h2,7H,1,3-6,8H2;/q-1;+1. The van der Waals surface area contributed by atoms with Crippen molar-refractivity contribution < 1.29 is 18.9 Å². The molecule has 0 saturated carbocycles. The van der Waals surface area contributed by atoms with E-state index in [0.29, 0.717) is 0 Å². The second kappa shape index (κ2) is 6.04. The van der Waals surface area contributed by atoms with Gasteiger partial charge < -0.3 is 4.90 Å². The van der Waals surface area contributed by atoms with Gasteiger partial charge in [-0.05, 0) is 19.5 Å². The molecular weight excluding hydrogens is 117 g/mol. The molecule has 0 bridgehead atoms. The van der Waals surface area contributed by atoms with Crippen LogP contribution in [0.3, 0.4) is 0 Å². The van der Waals surface area contributed by atoms with Crippen molar-refractivity contribution in [2.75, 3.05) is 13.1 Å². The average Bonchev–Trinajstić information content (AvgIpc) is 2.34. The van der Waals surface area contributed by atoms with E-state index in [1.54, 1.807) is 0 Å². The molecule has 0 amide bonds. The zero-order valence-corrected chi connectivity index (χ0v) is 6.84. The Balaban J connectivity index is 0.000000810. The Labute approximate surface area is 75.7 Å². The Morgan fingerprint density at radius 2 is 2.40 bits per heavy atom. The number of rotatable bonds is 3. The number of likely N-dealkylation sites (tertiary alicyclic amines) is 1. The molecule has 1 aliphatic rings. The predicted octanol–water partition coefficient (Wildman–Crippen LogP) is -1.18. The Morgan fingerprint density at radius 1 is 1.60 bits per heavy atom. The molecule has 0 aromatic heterocycles. The maximum absolute atomic E-state index is 3.68. The first-order valence-corrected chi connectivity index (χ1v) is 3.62. The Morgan fingerprint density at radius 3 is 2.90 bits per heavy atom. The molecule has 1 nitrogen and oxygen atoms in total. The van der Waals surface area contributed by atoms with Crippen molar-refractivity contribution in [1.29, 1.82) is 0 Å². The monoisotopic (exact) mass is 131 g/mol. The van der Waals surface area contributed by atoms with Crippen LogP contribution in [0.2, 0.25) is 0 Å². The molecule has 0 aliphatic carbocycles. The van der Waals surface area contributed by atoms with Gasteiger partial charge in [0.2, 0.25) is 0 Å². The van der Waals surface area contributed by atoms with Crippen molar-refractivity contribution >= 4 is 0 Å². The van der Waals surface area contributed by atoms with E-state index in [2.05, 4.69) is 18.0 Å². The van der Waals surface area contributed by atoms with Gasteiger partial charge >= 0.3 is 18.9 Å². The Bertz CT molecular complexity index is 87.3. The Hall–Kier alpha value is 0.297. The van der Waals surface area contributed by atoms with Gasteiger partial charge in [-0.15, -0.1) is 6.58 Å². The Kier molecular flexibility index (Phi) is 6.22. The summed E-state index contributed by atoms with van der Waals surface area (Å²) in [6.07, 6.45) is 5.72. The summed E-state index contributed by atoms with van der Waals surface area (Å²) in [4.78, 5) is 2.38. The van der Waals surface area contributed by atoms with Gasteiger partial charge in [0.05, 0.1) is 0 Å². The van der Waals surface area contributed by atoms with Crippen LogP contribution in [0.5, 0.6) is 0 Å². The third kappa shape index (κ3) is 3.46. The van der Waals surface area contributed by atoms with Crippen LogP contribution < -0.4 is 18.9 Å². The molecule has 52 valence electrons. The smallest absolute Gasteiger partial charge is 0.456 e. The fraction of sp³-hybridized carbons (Fsp3) is 0.625. The summed E-state index contributed by atoms with van der Waals surface area (Å²) in [7, 11) is 0. The zero-order chi connectivity index (χ0) is 6.53. The maximum atomic E-state index is 3.68. The quantitative estimate of drug-likeness (QED) is 0.265. The van der Waals surface area contributed by atoms with E-state index in [1.807, 2.05) is 6.08 Å². The van der Waals surface area contributed by atoms with Crippen molar-refractivity contribution in [3.8, 4) is 0 Å². The molecule has 0 N–H and O–H groups in total. The molecule has 0 unspecified atom stereocenters. The van der Waals surface area contributed by atoms with Crippen molar-refractivity contribution in [3.05, 3.63) is 19.2 Å². The molecule has 1 aliphatic heterocycles. The van der Waals surface area contributed by atoms with Crippen molar-refractivity contribution in [2.45, 2.75) is 19.3 Å². The van der Waals surface area contributed by atoms with E-state index >= 15 is 0 Å². The molecule has 0 aromatic carbocycles. The molecule has 1 heterocycles. The first-order chi connectivity index (χ1) is 4.43. The molecule has 1 saturated heterocycles. The van der Waals surface area contributed by atoms with Crippen LogP contribution in [-0.4, -0.2) is 18.0 Å². The van der Waals surface area contributed by atoms with Gasteiger partial charge in [0, 0.05) is 0 Å². The van der Waals surface area contributed by atoms with Crippen LogP contribution in [0.1, 0.15) is 19.3 Å².